The highest BCUT2D eigenvalue weighted by molar-refractivity contribution is 9.11. The second kappa shape index (κ2) is 4.91. The number of halogens is 2. The number of hydrogen-bond acceptors (Lipinski definition) is 1. The Labute approximate surface area is 89.9 Å². The van der Waals surface area contributed by atoms with Crippen LogP contribution in [0, 0.1) is 5.82 Å². The van der Waals surface area contributed by atoms with E-state index >= 15 is 0 Å². The smallest absolute Gasteiger partial charge is 0.251 e. The molecule has 0 aromatic heterocycles. The summed E-state index contributed by atoms with van der Waals surface area (Å²) in [6, 6.07) is 5.36. The molecule has 0 unspecified atom stereocenters. The lowest BCUT2D eigenvalue weighted by Gasteiger charge is -2.03. The van der Waals surface area contributed by atoms with Crippen LogP contribution >= 0.6 is 15.9 Å². The lowest BCUT2D eigenvalue weighted by molar-refractivity contribution is 0.0957. The number of rotatable bonds is 3. The molecule has 2 nitrogen and oxygen atoms in total. The van der Waals surface area contributed by atoms with Crippen molar-refractivity contribution in [2.45, 2.75) is 0 Å². The monoisotopic (exact) mass is 257 g/mol. The van der Waals surface area contributed by atoms with Crippen LogP contribution in [0.1, 0.15) is 10.4 Å². The summed E-state index contributed by atoms with van der Waals surface area (Å²) in [6.07, 6.45) is 0. The normalized spacial score (nSPS) is 9.57. The molecular formula is C10H9BrFNO. The largest absolute Gasteiger partial charge is 0.347 e. The lowest BCUT2D eigenvalue weighted by atomic mass is 10.2. The van der Waals surface area contributed by atoms with Crippen molar-refractivity contribution in [1.29, 1.82) is 0 Å². The van der Waals surface area contributed by atoms with Gasteiger partial charge in [0.2, 0.25) is 0 Å². The topological polar surface area (TPSA) is 29.1 Å². The standard InChI is InChI=1S/C10H9BrFNO/c1-7(11)6-13-10(14)8-2-4-9(12)5-3-8/h2-5H,1,6H2,(H,13,14). The molecule has 1 rings (SSSR count). The summed E-state index contributed by atoms with van der Waals surface area (Å²) >= 11 is 3.12. The third-order valence-electron chi connectivity index (χ3n) is 1.55. The Balaban J connectivity index is 2.61. The van der Waals surface area contributed by atoms with Gasteiger partial charge < -0.3 is 5.32 Å². The number of carbonyl (C=O) groups is 1. The summed E-state index contributed by atoms with van der Waals surface area (Å²) in [6.45, 7) is 3.93. The third kappa shape index (κ3) is 3.30. The van der Waals surface area contributed by atoms with E-state index in [1.165, 1.54) is 24.3 Å². The predicted molar refractivity (Wildman–Crippen MR) is 56.8 cm³/mol. The van der Waals surface area contributed by atoms with E-state index < -0.39 is 0 Å². The number of amides is 1. The average Bonchev–Trinajstić information content (AvgIpc) is 2.15. The Morgan fingerprint density at radius 1 is 1.43 bits per heavy atom. The Morgan fingerprint density at radius 3 is 2.50 bits per heavy atom. The van der Waals surface area contributed by atoms with Gasteiger partial charge in [0.05, 0.1) is 0 Å². The number of benzene rings is 1. The van der Waals surface area contributed by atoms with Gasteiger partial charge in [-0.05, 0) is 24.3 Å². The Kier molecular flexibility index (Phi) is 3.83. The lowest BCUT2D eigenvalue weighted by Crippen LogP contribution is -2.24. The fourth-order valence-corrected chi connectivity index (χ4v) is 1.02. The molecular weight excluding hydrogens is 249 g/mol. The molecule has 1 aromatic rings. The molecule has 0 saturated heterocycles. The fourth-order valence-electron chi connectivity index (χ4n) is 0.880. The van der Waals surface area contributed by atoms with E-state index in [2.05, 4.69) is 27.8 Å². The number of carbonyl (C=O) groups excluding carboxylic acids is 1. The van der Waals surface area contributed by atoms with Gasteiger partial charge in [-0.15, -0.1) is 0 Å². The van der Waals surface area contributed by atoms with Crippen LogP contribution in [0.4, 0.5) is 4.39 Å². The quantitative estimate of drug-likeness (QED) is 0.886. The van der Waals surface area contributed by atoms with Gasteiger partial charge in [0.1, 0.15) is 5.82 Å². The second-order valence-corrected chi connectivity index (χ2v) is 3.83. The first-order chi connectivity index (χ1) is 6.59. The van der Waals surface area contributed by atoms with Gasteiger partial charge >= 0.3 is 0 Å². The molecule has 74 valence electrons. The molecule has 0 spiro atoms. The predicted octanol–water partition coefficient (Wildman–Crippen LogP) is 2.46. The highest BCUT2D eigenvalue weighted by Gasteiger charge is 2.04. The number of nitrogens with one attached hydrogen (secondary N) is 1. The van der Waals surface area contributed by atoms with Crippen molar-refractivity contribution in [3.63, 3.8) is 0 Å². The van der Waals surface area contributed by atoms with Crippen LogP contribution in [0.2, 0.25) is 0 Å². The van der Waals surface area contributed by atoms with Crippen molar-refractivity contribution in [3.8, 4) is 0 Å². The van der Waals surface area contributed by atoms with Crippen molar-refractivity contribution >= 4 is 21.8 Å². The summed E-state index contributed by atoms with van der Waals surface area (Å²) in [4.78, 5) is 11.4. The van der Waals surface area contributed by atoms with E-state index in [0.29, 0.717) is 16.6 Å². The third-order valence-corrected chi connectivity index (χ3v) is 1.83. The molecule has 0 fully saturated rings. The zero-order valence-electron chi connectivity index (χ0n) is 7.39. The molecule has 4 heteroatoms. The first-order valence-corrected chi connectivity index (χ1v) is 4.76. The molecule has 0 aliphatic rings. The SMILES string of the molecule is C=C(Br)CNC(=O)c1ccc(F)cc1. The Morgan fingerprint density at radius 2 is 2.00 bits per heavy atom. The molecule has 1 aromatic carbocycles. The summed E-state index contributed by atoms with van der Waals surface area (Å²) in [7, 11) is 0. The van der Waals surface area contributed by atoms with Gasteiger partial charge in [0.15, 0.2) is 0 Å². The van der Waals surface area contributed by atoms with Gasteiger partial charge in [0, 0.05) is 16.6 Å². The molecule has 1 N–H and O–H groups in total. The minimum Gasteiger partial charge on any atom is -0.347 e. The van der Waals surface area contributed by atoms with E-state index in [0.717, 1.165) is 0 Å². The Bertz CT molecular complexity index is 348. The molecule has 0 radical (unpaired) electrons. The van der Waals surface area contributed by atoms with Crippen molar-refractivity contribution < 1.29 is 9.18 Å². The molecule has 0 atom stereocenters. The van der Waals surface area contributed by atoms with Crippen molar-refractivity contribution in [3.05, 3.63) is 46.7 Å². The zero-order valence-corrected chi connectivity index (χ0v) is 8.97. The maximum atomic E-state index is 12.5. The molecule has 14 heavy (non-hydrogen) atoms. The van der Waals surface area contributed by atoms with Gasteiger partial charge in [-0.25, -0.2) is 4.39 Å². The maximum absolute atomic E-state index is 12.5. The number of hydrogen-bond donors (Lipinski definition) is 1. The average molecular weight is 258 g/mol. The molecule has 0 aliphatic heterocycles. The van der Waals surface area contributed by atoms with Crippen LogP contribution in [-0.2, 0) is 0 Å². The molecule has 0 heterocycles. The van der Waals surface area contributed by atoms with Gasteiger partial charge in [0.25, 0.3) is 5.91 Å². The van der Waals surface area contributed by atoms with Crippen LogP contribution in [0.25, 0.3) is 0 Å². The van der Waals surface area contributed by atoms with Crippen LogP contribution in [0.3, 0.4) is 0 Å². The van der Waals surface area contributed by atoms with E-state index in [1.54, 1.807) is 0 Å². The van der Waals surface area contributed by atoms with Crippen molar-refractivity contribution in [1.82, 2.24) is 5.32 Å². The van der Waals surface area contributed by atoms with Gasteiger partial charge in [-0.3, -0.25) is 4.79 Å². The van der Waals surface area contributed by atoms with Crippen LogP contribution in [-0.4, -0.2) is 12.5 Å². The summed E-state index contributed by atoms with van der Waals surface area (Å²) < 4.78 is 13.2. The molecule has 0 bridgehead atoms. The van der Waals surface area contributed by atoms with Gasteiger partial charge in [-0.1, -0.05) is 22.5 Å². The van der Waals surface area contributed by atoms with Crippen molar-refractivity contribution in [2.75, 3.05) is 6.54 Å². The van der Waals surface area contributed by atoms with Crippen LogP contribution < -0.4 is 5.32 Å². The summed E-state index contributed by atoms with van der Waals surface area (Å²) in [5.74, 6) is -0.600. The summed E-state index contributed by atoms with van der Waals surface area (Å²) in [5, 5.41) is 2.61. The van der Waals surface area contributed by atoms with Crippen LogP contribution in [0.5, 0.6) is 0 Å². The van der Waals surface area contributed by atoms with E-state index in [1.807, 2.05) is 0 Å². The fraction of sp³-hybridized carbons (Fsp3) is 0.100. The Hall–Kier alpha value is -1.16. The first-order valence-electron chi connectivity index (χ1n) is 3.96. The minimum atomic E-state index is -0.355. The van der Waals surface area contributed by atoms with E-state index in [4.69, 9.17) is 0 Å². The van der Waals surface area contributed by atoms with E-state index in [-0.39, 0.29) is 11.7 Å². The molecule has 0 aliphatic carbocycles. The highest BCUT2D eigenvalue weighted by atomic mass is 79.9. The maximum Gasteiger partial charge on any atom is 0.251 e. The van der Waals surface area contributed by atoms with E-state index in [9.17, 15) is 9.18 Å². The second-order valence-electron chi connectivity index (χ2n) is 2.71. The molecule has 0 saturated carbocycles. The van der Waals surface area contributed by atoms with Crippen molar-refractivity contribution in [2.24, 2.45) is 0 Å². The minimum absolute atomic E-state index is 0.245. The van der Waals surface area contributed by atoms with Gasteiger partial charge in [-0.2, -0.15) is 0 Å². The highest BCUT2D eigenvalue weighted by Crippen LogP contribution is 2.03. The van der Waals surface area contributed by atoms with Crippen LogP contribution in [0.15, 0.2) is 35.3 Å². The summed E-state index contributed by atoms with van der Waals surface area (Å²) in [5.41, 5.74) is 0.431. The molecule has 1 amide bonds. The zero-order chi connectivity index (χ0) is 10.6. The first kappa shape index (κ1) is 10.9.